The Bertz CT molecular complexity index is 394. The predicted octanol–water partition coefficient (Wildman–Crippen LogP) is 3.32. The van der Waals surface area contributed by atoms with Crippen molar-refractivity contribution in [3.8, 4) is 0 Å². The van der Waals surface area contributed by atoms with Gasteiger partial charge in [-0.05, 0) is 41.6 Å². The number of ether oxygens (including phenoxy) is 1. The van der Waals surface area contributed by atoms with Gasteiger partial charge in [0, 0.05) is 0 Å². The second-order valence-corrected chi connectivity index (χ2v) is 6.96. The molecule has 94 valence electrons. The van der Waals surface area contributed by atoms with Gasteiger partial charge < -0.3 is 4.74 Å². The molecule has 3 aliphatic rings. The monoisotopic (exact) mass is 234 g/mol. The summed E-state index contributed by atoms with van der Waals surface area (Å²) in [4.78, 5) is 12.0. The first-order valence-corrected chi connectivity index (χ1v) is 6.81. The van der Waals surface area contributed by atoms with Gasteiger partial charge in [-0.25, -0.2) is 0 Å². The summed E-state index contributed by atoms with van der Waals surface area (Å²) in [5, 5.41) is 0. The predicted molar refractivity (Wildman–Crippen MR) is 66.4 cm³/mol. The Kier molecular flexibility index (Phi) is 2.24. The van der Waals surface area contributed by atoms with Crippen LogP contribution >= 0.6 is 0 Å². The molecule has 1 heterocycles. The second kappa shape index (κ2) is 3.37. The number of hydrogen-bond acceptors (Lipinski definition) is 2. The number of allylic oxidation sites excluding steroid dienone is 1. The highest BCUT2D eigenvalue weighted by molar-refractivity contribution is 5.80. The third kappa shape index (κ3) is 1.42. The average molecular weight is 234 g/mol. The van der Waals surface area contributed by atoms with Gasteiger partial charge in [-0.2, -0.15) is 0 Å². The van der Waals surface area contributed by atoms with Crippen molar-refractivity contribution in [3.63, 3.8) is 0 Å². The van der Waals surface area contributed by atoms with E-state index in [1.165, 1.54) is 24.8 Å². The Balaban J connectivity index is 2.05. The van der Waals surface area contributed by atoms with Crippen LogP contribution in [0.4, 0.5) is 0 Å². The van der Waals surface area contributed by atoms with E-state index in [2.05, 4.69) is 26.8 Å². The molecule has 2 aliphatic carbocycles. The fourth-order valence-corrected chi connectivity index (χ4v) is 4.71. The van der Waals surface area contributed by atoms with Gasteiger partial charge in [0.25, 0.3) is 0 Å². The van der Waals surface area contributed by atoms with Crippen molar-refractivity contribution in [3.05, 3.63) is 11.6 Å². The molecule has 0 aromatic rings. The summed E-state index contributed by atoms with van der Waals surface area (Å²) in [5.74, 6) is 0.713. The SMILES string of the molecule is CC1(C)CCC[C@@]2(C)[C@H]3C(=O)OCC3=CC[C@@H]12. The van der Waals surface area contributed by atoms with Crippen molar-refractivity contribution in [2.24, 2.45) is 22.7 Å². The van der Waals surface area contributed by atoms with E-state index in [9.17, 15) is 4.79 Å². The lowest BCUT2D eigenvalue weighted by Crippen LogP contribution is -2.49. The number of fused-ring (bicyclic) bond motifs is 3. The zero-order valence-corrected chi connectivity index (χ0v) is 11.1. The molecule has 3 rings (SSSR count). The maximum absolute atomic E-state index is 12.0. The number of carbonyl (C=O) groups is 1. The van der Waals surface area contributed by atoms with Gasteiger partial charge in [-0.1, -0.05) is 33.3 Å². The van der Waals surface area contributed by atoms with Crippen molar-refractivity contribution in [1.29, 1.82) is 0 Å². The maximum Gasteiger partial charge on any atom is 0.314 e. The first kappa shape index (κ1) is 11.3. The number of cyclic esters (lactones) is 1. The summed E-state index contributed by atoms with van der Waals surface area (Å²) in [7, 11) is 0. The molecule has 17 heavy (non-hydrogen) atoms. The molecule has 1 saturated heterocycles. The first-order valence-electron chi connectivity index (χ1n) is 6.81. The van der Waals surface area contributed by atoms with E-state index in [0.29, 0.717) is 17.9 Å². The van der Waals surface area contributed by atoms with Crippen LogP contribution in [-0.4, -0.2) is 12.6 Å². The number of carbonyl (C=O) groups excluding carboxylic acids is 1. The molecule has 0 spiro atoms. The van der Waals surface area contributed by atoms with Crippen LogP contribution in [0.15, 0.2) is 11.6 Å². The topological polar surface area (TPSA) is 26.3 Å². The number of esters is 1. The molecule has 2 heteroatoms. The third-order valence-corrected chi connectivity index (χ3v) is 5.54. The molecule has 0 radical (unpaired) electrons. The normalized spacial score (nSPS) is 43.5. The number of rotatable bonds is 0. The Hall–Kier alpha value is -0.790. The lowest BCUT2D eigenvalue weighted by atomic mass is 9.49. The van der Waals surface area contributed by atoms with Crippen LogP contribution in [0.3, 0.4) is 0 Å². The van der Waals surface area contributed by atoms with Crippen molar-refractivity contribution >= 4 is 5.97 Å². The van der Waals surface area contributed by atoms with E-state index < -0.39 is 0 Å². The second-order valence-electron chi connectivity index (χ2n) is 6.96. The molecular weight excluding hydrogens is 212 g/mol. The highest BCUT2D eigenvalue weighted by Crippen LogP contribution is 2.60. The van der Waals surface area contributed by atoms with Gasteiger partial charge in [0.1, 0.15) is 6.61 Å². The largest absolute Gasteiger partial charge is 0.461 e. The zero-order chi connectivity index (χ0) is 12.3. The minimum atomic E-state index is 0.0288. The third-order valence-electron chi connectivity index (χ3n) is 5.54. The minimum Gasteiger partial charge on any atom is -0.461 e. The standard InChI is InChI=1S/C15H22O2/c1-14(2)7-4-8-15(3)11(14)6-5-10-9-17-13(16)12(10)15/h5,11-12H,4,6-9H2,1-3H3/t11-,12+,15+/m0/s1. The van der Waals surface area contributed by atoms with Crippen molar-refractivity contribution in [2.75, 3.05) is 6.61 Å². The van der Waals surface area contributed by atoms with E-state index in [-0.39, 0.29) is 17.3 Å². The molecule has 0 unspecified atom stereocenters. The fraction of sp³-hybridized carbons (Fsp3) is 0.800. The highest BCUT2D eigenvalue weighted by Gasteiger charge is 2.57. The van der Waals surface area contributed by atoms with Crippen molar-refractivity contribution in [1.82, 2.24) is 0 Å². The maximum atomic E-state index is 12.0. The van der Waals surface area contributed by atoms with E-state index in [0.717, 1.165) is 6.42 Å². The Labute approximate surface area is 103 Å². The molecule has 1 aliphatic heterocycles. The van der Waals surface area contributed by atoms with Crippen molar-refractivity contribution < 1.29 is 9.53 Å². The van der Waals surface area contributed by atoms with E-state index in [1.807, 2.05) is 0 Å². The first-order chi connectivity index (χ1) is 7.95. The molecule has 1 saturated carbocycles. The van der Waals surface area contributed by atoms with Crippen LogP contribution < -0.4 is 0 Å². The molecule has 2 fully saturated rings. The number of hydrogen-bond donors (Lipinski definition) is 0. The van der Waals surface area contributed by atoms with Crippen LogP contribution in [-0.2, 0) is 9.53 Å². The highest BCUT2D eigenvalue weighted by atomic mass is 16.5. The van der Waals surface area contributed by atoms with Gasteiger partial charge in [-0.15, -0.1) is 0 Å². The molecule has 0 N–H and O–H groups in total. The Morgan fingerprint density at radius 1 is 1.29 bits per heavy atom. The molecule has 3 atom stereocenters. The summed E-state index contributed by atoms with van der Waals surface area (Å²) in [6.45, 7) is 7.61. The Morgan fingerprint density at radius 2 is 2.06 bits per heavy atom. The summed E-state index contributed by atoms with van der Waals surface area (Å²) < 4.78 is 5.28. The molecule has 0 bridgehead atoms. The molecule has 0 aromatic carbocycles. The summed E-state index contributed by atoms with van der Waals surface area (Å²) >= 11 is 0. The van der Waals surface area contributed by atoms with E-state index in [1.54, 1.807) is 0 Å². The van der Waals surface area contributed by atoms with Crippen LogP contribution in [0, 0.1) is 22.7 Å². The molecular formula is C15H22O2. The fourth-order valence-electron chi connectivity index (χ4n) is 4.71. The molecule has 2 nitrogen and oxygen atoms in total. The molecule has 0 aromatic heterocycles. The summed E-state index contributed by atoms with van der Waals surface area (Å²) in [6.07, 6.45) is 7.13. The van der Waals surface area contributed by atoms with Gasteiger partial charge in [0.15, 0.2) is 0 Å². The van der Waals surface area contributed by atoms with Crippen LogP contribution in [0.25, 0.3) is 0 Å². The quantitative estimate of drug-likeness (QED) is 0.475. The summed E-state index contributed by atoms with van der Waals surface area (Å²) in [5.41, 5.74) is 1.75. The van der Waals surface area contributed by atoms with Crippen LogP contribution in [0.5, 0.6) is 0 Å². The van der Waals surface area contributed by atoms with Gasteiger partial charge in [-0.3, -0.25) is 4.79 Å². The van der Waals surface area contributed by atoms with Gasteiger partial charge in [0.2, 0.25) is 0 Å². The lowest BCUT2D eigenvalue weighted by molar-refractivity contribution is -0.148. The van der Waals surface area contributed by atoms with Crippen molar-refractivity contribution in [2.45, 2.75) is 46.5 Å². The van der Waals surface area contributed by atoms with E-state index in [4.69, 9.17) is 4.74 Å². The minimum absolute atomic E-state index is 0.0288. The lowest BCUT2D eigenvalue weighted by Gasteiger charge is -2.54. The van der Waals surface area contributed by atoms with Crippen LogP contribution in [0.1, 0.15) is 46.5 Å². The van der Waals surface area contributed by atoms with Crippen LogP contribution in [0.2, 0.25) is 0 Å². The molecule has 0 amide bonds. The van der Waals surface area contributed by atoms with E-state index >= 15 is 0 Å². The van der Waals surface area contributed by atoms with Gasteiger partial charge in [0.05, 0.1) is 5.92 Å². The summed E-state index contributed by atoms with van der Waals surface area (Å²) in [6, 6.07) is 0. The Morgan fingerprint density at radius 3 is 2.82 bits per heavy atom. The van der Waals surface area contributed by atoms with Gasteiger partial charge >= 0.3 is 5.97 Å². The smallest absolute Gasteiger partial charge is 0.314 e. The average Bonchev–Trinajstić information content (AvgIpc) is 2.60. The zero-order valence-electron chi connectivity index (χ0n) is 11.1.